The van der Waals surface area contributed by atoms with Crippen molar-refractivity contribution in [3.05, 3.63) is 35.6 Å². The number of urea groups is 1. The van der Waals surface area contributed by atoms with E-state index in [4.69, 9.17) is 0 Å². The Bertz CT molecular complexity index is 678. The van der Waals surface area contributed by atoms with Gasteiger partial charge in [0.15, 0.2) is 0 Å². The molecule has 0 aromatic heterocycles. The highest BCUT2D eigenvalue weighted by molar-refractivity contribution is 7.90. The molecule has 23 heavy (non-hydrogen) atoms. The number of halogens is 1. The van der Waals surface area contributed by atoms with Crippen LogP contribution in [0.2, 0.25) is 0 Å². The van der Waals surface area contributed by atoms with Crippen LogP contribution in [0.4, 0.5) is 9.18 Å². The zero-order valence-corrected chi connectivity index (χ0v) is 14.4. The Kier molecular flexibility index (Phi) is 5.29. The Morgan fingerprint density at radius 2 is 2.17 bits per heavy atom. The largest absolute Gasteiger partial charge is 0.335 e. The van der Waals surface area contributed by atoms with E-state index >= 15 is 0 Å². The van der Waals surface area contributed by atoms with Crippen molar-refractivity contribution in [2.75, 3.05) is 18.6 Å². The molecular formula is C16H23FN2O3S. The number of amides is 2. The van der Waals surface area contributed by atoms with Crippen LogP contribution >= 0.6 is 0 Å². The molecule has 0 saturated heterocycles. The number of nitrogens with one attached hydrogen (secondary N) is 1. The average Bonchev–Trinajstić information content (AvgIpc) is 3.16. The zero-order valence-electron chi connectivity index (χ0n) is 13.6. The van der Waals surface area contributed by atoms with Crippen molar-refractivity contribution < 1.29 is 17.6 Å². The minimum atomic E-state index is -3.15. The minimum absolute atomic E-state index is 0.0243. The van der Waals surface area contributed by atoms with E-state index in [-0.39, 0.29) is 35.6 Å². The maximum Gasteiger partial charge on any atom is 0.317 e. The molecule has 3 atom stereocenters. The highest BCUT2D eigenvalue weighted by atomic mass is 32.2. The van der Waals surface area contributed by atoms with Crippen molar-refractivity contribution in [3.63, 3.8) is 0 Å². The second kappa shape index (κ2) is 6.86. The third kappa shape index (κ3) is 4.92. The van der Waals surface area contributed by atoms with Gasteiger partial charge in [0.25, 0.3) is 0 Å². The van der Waals surface area contributed by atoms with Crippen molar-refractivity contribution in [2.45, 2.75) is 38.3 Å². The van der Waals surface area contributed by atoms with E-state index in [0.717, 1.165) is 18.2 Å². The second-order valence-corrected chi connectivity index (χ2v) is 8.37. The number of nitrogens with zero attached hydrogens (tertiary/aromatic N) is 1. The number of hydrogen-bond donors (Lipinski definition) is 1. The van der Waals surface area contributed by atoms with Crippen molar-refractivity contribution in [1.82, 2.24) is 10.2 Å². The Labute approximate surface area is 136 Å². The molecule has 1 N–H and O–H groups in total. The summed E-state index contributed by atoms with van der Waals surface area (Å²) in [7, 11) is -3.15. The lowest BCUT2D eigenvalue weighted by Gasteiger charge is -2.27. The fourth-order valence-electron chi connectivity index (χ4n) is 2.89. The van der Waals surface area contributed by atoms with Gasteiger partial charge < -0.3 is 10.2 Å². The van der Waals surface area contributed by atoms with Gasteiger partial charge in [-0.05, 0) is 38.0 Å². The van der Waals surface area contributed by atoms with E-state index in [0.29, 0.717) is 6.54 Å². The summed E-state index contributed by atoms with van der Waals surface area (Å²) in [5.41, 5.74) is 0.877. The van der Waals surface area contributed by atoms with Crippen molar-refractivity contribution in [1.29, 1.82) is 0 Å². The second-order valence-electron chi connectivity index (χ2n) is 6.18. The van der Waals surface area contributed by atoms with Gasteiger partial charge in [0.05, 0.1) is 5.75 Å². The van der Waals surface area contributed by atoms with Crippen LogP contribution in [0, 0.1) is 5.82 Å². The summed E-state index contributed by atoms with van der Waals surface area (Å²) in [5, 5.41) is 2.91. The summed E-state index contributed by atoms with van der Waals surface area (Å²) in [6, 6.07) is 5.71. The fourth-order valence-corrected chi connectivity index (χ4v) is 3.94. The number of rotatable bonds is 6. The molecule has 1 aliphatic carbocycles. The number of carbonyl (C=O) groups excluding carboxylic acids is 1. The number of hydrogen-bond acceptors (Lipinski definition) is 3. The number of benzene rings is 1. The van der Waals surface area contributed by atoms with Crippen LogP contribution in [0.5, 0.6) is 0 Å². The van der Waals surface area contributed by atoms with Gasteiger partial charge in [-0.3, -0.25) is 0 Å². The lowest BCUT2D eigenvalue weighted by atomic mass is 10.1. The van der Waals surface area contributed by atoms with E-state index in [1.54, 1.807) is 13.0 Å². The van der Waals surface area contributed by atoms with Crippen molar-refractivity contribution in [2.24, 2.45) is 0 Å². The summed E-state index contributed by atoms with van der Waals surface area (Å²) in [5.74, 6) is -0.221. The summed E-state index contributed by atoms with van der Waals surface area (Å²) < 4.78 is 36.0. The number of sulfone groups is 1. The first kappa shape index (κ1) is 17.7. The first-order chi connectivity index (χ1) is 10.7. The van der Waals surface area contributed by atoms with Gasteiger partial charge >= 0.3 is 6.03 Å². The van der Waals surface area contributed by atoms with Crippen LogP contribution in [-0.2, 0) is 9.84 Å². The standard InChI is InChI=1S/C16H23FN2O3S/c1-4-19(11(2)10-23(3,21)22)16(20)18-15-9-14(15)12-6-5-7-13(17)8-12/h5-8,11,14-15H,4,9-10H2,1-3H3,(H,18,20)/t11-,14-,15+/m0/s1. The monoisotopic (exact) mass is 342 g/mol. The highest BCUT2D eigenvalue weighted by Crippen LogP contribution is 2.41. The topological polar surface area (TPSA) is 66.5 Å². The molecule has 1 aromatic rings. The summed E-state index contributed by atoms with van der Waals surface area (Å²) in [4.78, 5) is 13.9. The predicted molar refractivity (Wildman–Crippen MR) is 87.6 cm³/mol. The van der Waals surface area contributed by atoms with Gasteiger partial charge in [-0.2, -0.15) is 0 Å². The van der Waals surface area contributed by atoms with Crippen LogP contribution in [0.3, 0.4) is 0 Å². The molecule has 0 heterocycles. The molecule has 1 saturated carbocycles. The lowest BCUT2D eigenvalue weighted by Crippen LogP contribution is -2.48. The van der Waals surface area contributed by atoms with E-state index in [1.165, 1.54) is 17.0 Å². The Morgan fingerprint density at radius 3 is 2.74 bits per heavy atom. The maximum absolute atomic E-state index is 13.2. The van der Waals surface area contributed by atoms with Gasteiger partial charge in [0.2, 0.25) is 0 Å². The van der Waals surface area contributed by atoms with E-state index in [2.05, 4.69) is 5.32 Å². The molecule has 2 amide bonds. The van der Waals surface area contributed by atoms with Crippen molar-refractivity contribution >= 4 is 15.9 Å². The quantitative estimate of drug-likeness (QED) is 0.861. The minimum Gasteiger partial charge on any atom is -0.335 e. The molecule has 1 aromatic carbocycles. The normalized spacial score (nSPS) is 21.6. The first-order valence-electron chi connectivity index (χ1n) is 7.71. The Hall–Kier alpha value is -1.63. The van der Waals surface area contributed by atoms with E-state index in [9.17, 15) is 17.6 Å². The van der Waals surface area contributed by atoms with Crippen LogP contribution < -0.4 is 5.32 Å². The molecule has 0 aliphatic heterocycles. The summed E-state index contributed by atoms with van der Waals surface area (Å²) in [6.45, 7) is 3.97. The van der Waals surface area contributed by atoms with Crippen LogP contribution in [0.1, 0.15) is 31.7 Å². The predicted octanol–water partition coefficient (Wildman–Crippen LogP) is 2.15. The zero-order chi connectivity index (χ0) is 17.2. The van der Waals surface area contributed by atoms with E-state index < -0.39 is 9.84 Å². The Balaban J connectivity index is 1.94. The SMILES string of the molecule is CCN(C(=O)N[C@@H]1C[C@H]1c1cccc(F)c1)[C@@H](C)CS(C)(=O)=O. The molecule has 128 valence electrons. The number of carbonyl (C=O) groups is 1. The van der Waals surface area contributed by atoms with Crippen LogP contribution in [-0.4, -0.2) is 50.0 Å². The van der Waals surface area contributed by atoms with Crippen molar-refractivity contribution in [3.8, 4) is 0 Å². The molecule has 1 fully saturated rings. The van der Waals surface area contributed by atoms with Crippen LogP contribution in [0.25, 0.3) is 0 Å². The third-order valence-electron chi connectivity index (χ3n) is 4.05. The molecule has 5 nitrogen and oxygen atoms in total. The summed E-state index contributed by atoms with van der Waals surface area (Å²) >= 11 is 0. The first-order valence-corrected chi connectivity index (χ1v) is 9.77. The molecular weight excluding hydrogens is 319 g/mol. The maximum atomic E-state index is 13.2. The molecule has 0 spiro atoms. The summed E-state index contributed by atoms with van der Waals surface area (Å²) in [6.07, 6.45) is 1.93. The van der Waals surface area contributed by atoms with Gasteiger partial charge in [-0.15, -0.1) is 0 Å². The lowest BCUT2D eigenvalue weighted by molar-refractivity contribution is 0.187. The molecule has 1 aliphatic rings. The molecule has 0 radical (unpaired) electrons. The molecule has 7 heteroatoms. The molecule has 0 bridgehead atoms. The molecule has 2 rings (SSSR count). The Morgan fingerprint density at radius 1 is 1.48 bits per heavy atom. The van der Waals surface area contributed by atoms with Crippen LogP contribution in [0.15, 0.2) is 24.3 Å². The fraction of sp³-hybridized carbons (Fsp3) is 0.562. The van der Waals surface area contributed by atoms with Gasteiger partial charge in [-0.1, -0.05) is 12.1 Å². The highest BCUT2D eigenvalue weighted by Gasteiger charge is 2.40. The average molecular weight is 342 g/mol. The van der Waals surface area contributed by atoms with E-state index in [1.807, 2.05) is 13.0 Å². The van der Waals surface area contributed by atoms with Gasteiger partial charge in [0.1, 0.15) is 15.7 Å². The third-order valence-corrected chi connectivity index (χ3v) is 5.14. The van der Waals surface area contributed by atoms with Gasteiger partial charge in [-0.25, -0.2) is 17.6 Å². The molecule has 0 unspecified atom stereocenters. The smallest absolute Gasteiger partial charge is 0.317 e. The van der Waals surface area contributed by atoms with Gasteiger partial charge in [0, 0.05) is 30.8 Å².